The molecule has 2 nitrogen and oxygen atoms in total. The highest BCUT2D eigenvalue weighted by Crippen LogP contribution is 2.15. The van der Waals surface area contributed by atoms with Crippen LogP contribution < -0.4 is 0 Å². The average molecular weight is 313 g/mol. The minimum Gasteiger partial charge on any atom is -0.303 e. The van der Waals surface area contributed by atoms with Crippen molar-refractivity contribution in [3.8, 4) is 0 Å². The van der Waals surface area contributed by atoms with E-state index in [1.807, 2.05) is 0 Å². The van der Waals surface area contributed by atoms with E-state index in [0.717, 1.165) is 6.04 Å². The van der Waals surface area contributed by atoms with Crippen molar-refractivity contribution >= 4 is 0 Å². The van der Waals surface area contributed by atoms with E-state index < -0.39 is 0 Å². The van der Waals surface area contributed by atoms with Gasteiger partial charge in [-0.25, -0.2) is 0 Å². The second kappa shape index (κ2) is 15.8. The van der Waals surface area contributed by atoms with Crippen molar-refractivity contribution in [3.63, 3.8) is 0 Å². The SMILES string of the molecule is CCCCC(CCCN(CCCC)CCCC)N(CC)CC. The van der Waals surface area contributed by atoms with Crippen molar-refractivity contribution in [2.45, 2.75) is 98.4 Å². The Kier molecular flexibility index (Phi) is 15.7. The van der Waals surface area contributed by atoms with Gasteiger partial charge in [0.2, 0.25) is 0 Å². The molecule has 22 heavy (non-hydrogen) atoms. The van der Waals surface area contributed by atoms with Crippen molar-refractivity contribution in [2.75, 3.05) is 32.7 Å². The predicted molar refractivity (Wildman–Crippen MR) is 102 cm³/mol. The molecule has 0 saturated heterocycles. The first-order valence-electron chi connectivity index (χ1n) is 10.2. The highest BCUT2D eigenvalue weighted by atomic mass is 15.1. The van der Waals surface area contributed by atoms with Gasteiger partial charge in [-0.1, -0.05) is 60.3 Å². The maximum atomic E-state index is 2.71. The number of hydrogen-bond acceptors (Lipinski definition) is 2. The molecule has 0 saturated carbocycles. The van der Waals surface area contributed by atoms with Gasteiger partial charge in [0.15, 0.2) is 0 Å². The summed E-state index contributed by atoms with van der Waals surface area (Å²) in [5.74, 6) is 0. The normalized spacial score (nSPS) is 13.2. The van der Waals surface area contributed by atoms with E-state index in [2.05, 4.69) is 44.4 Å². The molecule has 0 aliphatic rings. The van der Waals surface area contributed by atoms with Gasteiger partial charge in [-0.15, -0.1) is 0 Å². The van der Waals surface area contributed by atoms with E-state index >= 15 is 0 Å². The van der Waals surface area contributed by atoms with E-state index in [1.54, 1.807) is 0 Å². The van der Waals surface area contributed by atoms with Crippen LogP contribution in [0.2, 0.25) is 0 Å². The largest absolute Gasteiger partial charge is 0.303 e. The van der Waals surface area contributed by atoms with E-state index in [1.165, 1.54) is 90.5 Å². The van der Waals surface area contributed by atoms with Crippen molar-refractivity contribution in [1.29, 1.82) is 0 Å². The predicted octanol–water partition coefficient (Wildman–Crippen LogP) is 5.57. The van der Waals surface area contributed by atoms with Crippen LogP contribution in [0.4, 0.5) is 0 Å². The third-order valence-corrected chi connectivity index (χ3v) is 4.89. The summed E-state index contributed by atoms with van der Waals surface area (Å²) in [6.07, 6.45) is 12.2. The number of nitrogens with zero attached hydrogens (tertiary/aromatic N) is 2. The first-order chi connectivity index (χ1) is 10.7. The fraction of sp³-hybridized carbons (Fsp3) is 1.00. The molecule has 1 atom stereocenters. The molecule has 0 aromatic carbocycles. The minimum atomic E-state index is 0.814. The van der Waals surface area contributed by atoms with Crippen LogP contribution in [-0.2, 0) is 0 Å². The van der Waals surface area contributed by atoms with Crippen LogP contribution in [0.25, 0.3) is 0 Å². The second-order valence-corrected chi connectivity index (χ2v) is 6.71. The summed E-state index contributed by atoms with van der Waals surface area (Å²) in [7, 11) is 0. The lowest BCUT2D eigenvalue weighted by molar-refractivity contribution is 0.178. The van der Waals surface area contributed by atoms with Gasteiger partial charge in [0, 0.05) is 6.04 Å². The van der Waals surface area contributed by atoms with Gasteiger partial charge in [-0.3, -0.25) is 0 Å². The molecule has 0 bridgehead atoms. The van der Waals surface area contributed by atoms with Crippen LogP contribution in [-0.4, -0.2) is 48.6 Å². The maximum Gasteiger partial charge on any atom is 0.00954 e. The lowest BCUT2D eigenvalue weighted by atomic mass is 10.0. The Morgan fingerprint density at radius 1 is 0.591 bits per heavy atom. The van der Waals surface area contributed by atoms with Gasteiger partial charge >= 0.3 is 0 Å². The lowest BCUT2D eigenvalue weighted by Crippen LogP contribution is -2.36. The number of rotatable bonds is 16. The Balaban J connectivity index is 4.22. The number of unbranched alkanes of at least 4 members (excludes halogenated alkanes) is 3. The van der Waals surface area contributed by atoms with Gasteiger partial charge < -0.3 is 9.80 Å². The molecule has 0 aromatic heterocycles. The van der Waals surface area contributed by atoms with E-state index in [4.69, 9.17) is 0 Å². The third kappa shape index (κ3) is 10.6. The number of hydrogen-bond donors (Lipinski definition) is 0. The Morgan fingerprint density at radius 2 is 1.05 bits per heavy atom. The van der Waals surface area contributed by atoms with Crippen LogP contribution in [0.5, 0.6) is 0 Å². The fourth-order valence-electron chi connectivity index (χ4n) is 3.34. The Morgan fingerprint density at radius 3 is 1.50 bits per heavy atom. The molecule has 0 radical (unpaired) electrons. The van der Waals surface area contributed by atoms with E-state index in [9.17, 15) is 0 Å². The van der Waals surface area contributed by atoms with Gasteiger partial charge in [0.25, 0.3) is 0 Å². The molecule has 2 heteroatoms. The molecular formula is C20H44N2. The Labute approximate surface area is 141 Å². The summed E-state index contributed by atoms with van der Waals surface area (Å²) in [5, 5.41) is 0. The zero-order chi connectivity index (χ0) is 16.6. The summed E-state index contributed by atoms with van der Waals surface area (Å²) in [5.41, 5.74) is 0. The van der Waals surface area contributed by atoms with Crippen LogP contribution in [0.1, 0.15) is 92.4 Å². The van der Waals surface area contributed by atoms with Gasteiger partial charge in [0.05, 0.1) is 0 Å². The molecule has 0 aromatic rings. The van der Waals surface area contributed by atoms with Gasteiger partial charge in [-0.05, 0) is 64.8 Å². The lowest BCUT2D eigenvalue weighted by Gasteiger charge is -2.31. The zero-order valence-corrected chi connectivity index (χ0v) is 16.4. The van der Waals surface area contributed by atoms with Gasteiger partial charge in [0.1, 0.15) is 0 Å². The topological polar surface area (TPSA) is 6.48 Å². The van der Waals surface area contributed by atoms with E-state index in [0.29, 0.717) is 0 Å². The molecule has 0 amide bonds. The highest BCUT2D eigenvalue weighted by molar-refractivity contribution is 4.71. The van der Waals surface area contributed by atoms with Crippen LogP contribution in [0, 0.1) is 0 Å². The molecule has 0 fully saturated rings. The average Bonchev–Trinajstić information content (AvgIpc) is 2.54. The molecular weight excluding hydrogens is 268 g/mol. The quantitative estimate of drug-likeness (QED) is 0.367. The summed E-state index contributed by atoms with van der Waals surface area (Å²) in [4.78, 5) is 5.39. The monoisotopic (exact) mass is 312 g/mol. The first kappa shape index (κ1) is 21.9. The fourth-order valence-corrected chi connectivity index (χ4v) is 3.34. The van der Waals surface area contributed by atoms with Crippen LogP contribution >= 0.6 is 0 Å². The maximum absolute atomic E-state index is 2.71. The van der Waals surface area contributed by atoms with Gasteiger partial charge in [-0.2, -0.15) is 0 Å². The standard InChI is InChI=1S/C20H44N2/c1-6-11-15-20(22(9-4)10-5)16-14-19-21(17-12-7-2)18-13-8-3/h20H,6-19H2,1-5H3. The molecule has 0 heterocycles. The zero-order valence-electron chi connectivity index (χ0n) is 16.4. The summed E-state index contributed by atoms with van der Waals surface area (Å²) >= 11 is 0. The molecule has 134 valence electrons. The first-order valence-corrected chi connectivity index (χ1v) is 10.2. The van der Waals surface area contributed by atoms with Crippen molar-refractivity contribution in [1.82, 2.24) is 9.80 Å². The molecule has 0 N–H and O–H groups in total. The summed E-state index contributed by atoms with van der Waals surface area (Å²) in [6, 6.07) is 0.814. The second-order valence-electron chi connectivity index (χ2n) is 6.71. The smallest absolute Gasteiger partial charge is 0.00954 e. The molecule has 0 spiro atoms. The van der Waals surface area contributed by atoms with Crippen molar-refractivity contribution < 1.29 is 0 Å². The molecule has 0 aliphatic heterocycles. The van der Waals surface area contributed by atoms with Crippen molar-refractivity contribution in [3.05, 3.63) is 0 Å². The Hall–Kier alpha value is -0.0800. The van der Waals surface area contributed by atoms with Crippen molar-refractivity contribution in [2.24, 2.45) is 0 Å². The van der Waals surface area contributed by atoms with E-state index in [-0.39, 0.29) is 0 Å². The van der Waals surface area contributed by atoms with Crippen LogP contribution in [0.15, 0.2) is 0 Å². The van der Waals surface area contributed by atoms with Crippen LogP contribution in [0.3, 0.4) is 0 Å². The Bertz CT molecular complexity index is 206. The third-order valence-electron chi connectivity index (χ3n) is 4.89. The highest BCUT2D eigenvalue weighted by Gasteiger charge is 2.15. The molecule has 0 rings (SSSR count). The summed E-state index contributed by atoms with van der Waals surface area (Å²) in [6.45, 7) is 17.9. The molecule has 1 unspecified atom stereocenters. The molecule has 0 aliphatic carbocycles. The summed E-state index contributed by atoms with van der Waals surface area (Å²) < 4.78 is 0. The minimum absolute atomic E-state index is 0.814.